The van der Waals surface area contributed by atoms with Gasteiger partial charge in [0.05, 0.1) is 25.9 Å². The summed E-state index contributed by atoms with van der Waals surface area (Å²) >= 11 is 0. The lowest BCUT2D eigenvalue weighted by Crippen LogP contribution is -2.28. The van der Waals surface area contributed by atoms with Crippen molar-refractivity contribution in [2.24, 2.45) is 0 Å². The molecule has 0 aliphatic rings. The monoisotopic (exact) mass is 317 g/mol. The number of carbonyl (C=O) groups is 1. The van der Waals surface area contributed by atoms with Gasteiger partial charge >= 0.3 is 0 Å². The molecule has 2 aromatic rings. The van der Waals surface area contributed by atoms with Gasteiger partial charge in [-0.05, 0) is 29.8 Å². The average molecular weight is 317 g/mol. The zero-order chi connectivity index (χ0) is 16.8. The topological polar surface area (TPSA) is 88.0 Å². The van der Waals surface area contributed by atoms with E-state index >= 15 is 0 Å². The summed E-state index contributed by atoms with van der Waals surface area (Å²) in [5.41, 5.74) is 0.743. The van der Waals surface area contributed by atoms with Gasteiger partial charge in [-0.25, -0.2) is 0 Å². The van der Waals surface area contributed by atoms with Crippen molar-refractivity contribution in [3.8, 4) is 17.2 Å². The molecule has 0 aromatic heterocycles. The Labute approximate surface area is 134 Å². The van der Waals surface area contributed by atoms with Gasteiger partial charge < -0.3 is 25.0 Å². The first kappa shape index (κ1) is 16.6. The van der Waals surface area contributed by atoms with E-state index < -0.39 is 12.0 Å². The van der Waals surface area contributed by atoms with Gasteiger partial charge in [0.1, 0.15) is 5.75 Å². The second-order valence-corrected chi connectivity index (χ2v) is 4.86. The van der Waals surface area contributed by atoms with Crippen molar-refractivity contribution >= 4 is 5.91 Å². The summed E-state index contributed by atoms with van der Waals surface area (Å²) in [5.74, 6) is 0.492. The van der Waals surface area contributed by atoms with Crippen LogP contribution in [0.15, 0.2) is 42.5 Å². The molecular weight excluding hydrogens is 298 g/mol. The molecule has 0 aliphatic heterocycles. The number of phenols is 1. The van der Waals surface area contributed by atoms with Crippen LogP contribution in [-0.2, 0) is 0 Å². The fourth-order valence-corrected chi connectivity index (χ4v) is 2.13. The highest BCUT2D eigenvalue weighted by Crippen LogP contribution is 2.29. The number of aromatic hydroxyl groups is 1. The number of benzene rings is 2. The largest absolute Gasteiger partial charge is 0.507 e. The van der Waals surface area contributed by atoms with E-state index in [2.05, 4.69) is 5.32 Å². The van der Waals surface area contributed by atoms with E-state index in [0.717, 1.165) is 0 Å². The number of ether oxygens (including phenoxy) is 2. The maximum absolute atomic E-state index is 12.0. The van der Waals surface area contributed by atoms with Gasteiger partial charge in [-0.15, -0.1) is 0 Å². The first-order valence-corrected chi connectivity index (χ1v) is 7.03. The van der Waals surface area contributed by atoms with Crippen molar-refractivity contribution in [1.29, 1.82) is 0 Å². The van der Waals surface area contributed by atoms with E-state index in [1.54, 1.807) is 30.3 Å². The Bertz CT molecular complexity index is 686. The first-order chi connectivity index (χ1) is 11.1. The van der Waals surface area contributed by atoms with Crippen LogP contribution in [0.4, 0.5) is 0 Å². The number of aliphatic hydroxyl groups is 1. The van der Waals surface area contributed by atoms with Crippen LogP contribution in [0.5, 0.6) is 17.2 Å². The molecule has 0 aliphatic carbocycles. The van der Waals surface area contributed by atoms with E-state index in [1.807, 2.05) is 0 Å². The van der Waals surface area contributed by atoms with Gasteiger partial charge in [0.15, 0.2) is 11.5 Å². The van der Waals surface area contributed by atoms with Gasteiger partial charge in [-0.2, -0.15) is 0 Å². The van der Waals surface area contributed by atoms with Crippen molar-refractivity contribution < 1.29 is 24.5 Å². The highest BCUT2D eigenvalue weighted by atomic mass is 16.5. The molecular formula is C17H19NO5. The van der Waals surface area contributed by atoms with Crippen LogP contribution in [0.2, 0.25) is 0 Å². The summed E-state index contributed by atoms with van der Waals surface area (Å²) in [6.07, 6.45) is -0.912. The van der Waals surface area contributed by atoms with Crippen molar-refractivity contribution in [2.45, 2.75) is 6.10 Å². The molecule has 1 amide bonds. The molecule has 23 heavy (non-hydrogen) atoms. The number of nitrogens with one attached hydrogen (secondary N) is 1. The molecule has 0 saturated heterocycles. The lowest BCUT2D eigenvalue weighted by molar-refractivity contribution is 0.0913. The standard InChI is InChI=1S/C17H19NO5/c1-22-15-8-7-11(9-16(15)23-2)14(20)10-18-17(21)12-5-3-4-6-13(12)19/h3-9,14,19-20H,10H2,1-2H3,(H,18,21). The number of carbonyl (C=O) groups excluding carboxylic acids is 1. The van der Waals surface area contributed by atoms with E-state index in [-0.39, 0.29) is 17.9 Å². The fourth-order valence-electron chi connectivity index (χ4n) is 2.13. The molecule has 0 bridgehead atoms. The second-order valence-electron chi connectivity index (χ2n) is 4.86. The van der Waals surface area contributed by atoms with Crippen molar-refractivity contribution in [1.82, 2.24) is 5.32 Å². The van der Waals surface area contributed by atoms with Crippen LogP contribution in [0.3, 0.4) is 0 Å². The normalized spacial score (nSPS) is 11.6. The number of para-hydroxylation sites is 1. The number of hydrogen-bond acceptors (Lipinski definition) is 5. The van der Waals surface area contributed by atoms with Gasteiger partial charge in [0, 0.05) is 6.54 Å². The maximum atomic E-state index is 12.0. The molecule has 3 N–H and O–H groups in total. The van der Waals surface area contributed by atoms with Crippen molar-refractivity contribution in [3.63, 3.8) is 0 Å². The predicted octanol–water partition coefficient (Wildman–Crippen LogP) is 1.87. The molecule has 0 fully saturated rings. The molecule has 0 heterocycles. The first-order valence-electron chi connectivity index (χ1n) is 7.03. The third-order valence-corrected chi connectivity index (χ3v) is 3.40. The van der Waals surface area contributed by atoms with Crippen LogP contribution in [-0.4, -0.2) is 36.9 Å². The lowest BCUT2D eigenvalue weighted by Gasteiger charge is -2.15. The third-order valence-electron chi connectivity index (χ3n) is 3.40. The summed E-state index contributed by atoms with van der Waals surface area (Å²) in [6, 6.07) is 11.2. The van der Waals surface area contributed by atoms with Gasteiger partial charge in [-0.1, -0.05) is 18.2 Å². The Balaban J connectivity index is 2.03. The zero-order valence-corrected chi connectivity index (χ0v) is 12.9. The molecule has 0 spiro atoms. The Kier molecular flexibility index (Phi) is 5.43. The maximum Gasteiger partial charge on any atom is 0.255 e. The highest BCUT2D eigenvalue weighted by Gasteiger charge is 2.15. The smallest absolute Gasteiger partial charge is 0.255 e. The van der Waals surface area contributed by atoms with E-state index in [1.165, 1.54) is 26.4 Å². The lowest BCUT2D eigenvalue weighted by atomic mass is 10.1. The Morgan fingerprint density at radius 3 is 2.48 bits per heavy atom. The minimum Gasteiger partial charge on any atom is -0.507 e. The number of amides is 1. The summed E-state index contributed by atoms with van der Waals surface area (Å²) in [6.45, 7) is 0.00263. The minimum absolute atomic E-state index is 0.00263. The predicted molar refractivity (Wildman–Crippen MR) is 84.9 cm³/mol. The third kappa shape index (κ3) is 3.92. The molecule has 0 radical (unpaired) electrons. The van der Waals surface area contributed by atoms with E-state index in [9.17, 15) is 15.0 Å². The summed E-state index contributed by atoms with van der Waals surface area (Å²) in [5, 5.41) is 22.4. The van der Waals surface area contributed by atoms with Crippen LogP contribution < -0.4 is 14.8 Å². The molecule has 0 saturated carbocycles. The van der Waals surface area contributed by atoms with E-state index in [4.69, 9.17) is 9.47 Å². The summed E-state index contributed by atoms with van der Waals surface area (Å²) in [7, 11) is 3.04. The van der Waals surface area contributed by atoms with Crippen LogP contribution >= 0.6 is 0 Å². The van der Waals surface area contributed by atoms with Gasteiger partial charge in [-0.3, -0.25) is 4.79 Å². The zero-order valence-electron chi connectivity index (χ0n) is 12.9. The van der Waals surface area contributed by atoms with Gasteiger partial charge in [0.2, 0.25) is 0 Å². The molecule has 122 valence electrons. The molecule has 2 rings (SSSR count). The molecule has 6 heteroatoms. The summed E-state index contributed by atoms with van der Waals surface area (Å²) < 4.78 is 10.3. The highest BCUT2D eigenvalue weighted by molar-refractivity contribution is 5.96. The van der Waals surface area contributed by atoms with Crippen molar-refractivity contribution in [3.05, 3.63) is 53.6 Å². The number of methoxy groups -OCH3 is 2. The van der Waals surface area contributed by atoms with Crippen molar-refractivity contribution in [2.75, 3.05) is 20.8 Å². The fraction of sp³-hybridized carbons (Fsp3) is 0.235. The number of rotatable bonds is 6. The minimum atomic E-state index is -0.912. The molecule has 6 nitrogen and oxygen atoms in total. The Morgan fingerprint density at radius 2 is 1.83 bits per heavy atom. The number of phenolic OH excluding ortho intramolecular Hbond substituents is 1. The molecule has 2 aromatic carbocycles. The number of aliphatic hydroxyl groups excluding tert-OH is 1. The average Bonchev–Trinajstić information content (AvgIpc) is 2.59. The SMILES string of the molecule is COc1ccc(C(O)CNC(=O)c2ccccc2O)cc1OC. The quantitative estimate of drug-likeness (QED) is 0.757. The molecule has 1 atom stereocenters. The Morgan fingerprint density at radius 1 is 1.13 bits per heavy atom. The van der Waals surface area contributed by atoms with Crippen LogP contribution in [0, 0.1) is 0 Å². The van der Waals surface area contributed by atoms with Crippen LogP contribution in [0.25, 0.3) is 0 Å². The second kappa shape index (κ2) is 7.51. The van der Waals surface area contributed by atoms with Gasteiger partial charge in [0.25, 0.3) is 5.91 Å². The van der Waals surface area contributed by atoms with E-state index in [0.29, 0.717) is 17.1 Å². The Hall–Kier alpha value is -2.73. The summed E-state index contributed by atoms with van der Waals surface area (Å²) in [4.78, 5) is 12.0. The van der Waals surface area contributed by atoms with Crippen LogP contribution in [0.1, 0.15) is 22.0 Å². The number of hydrogen-bond donors (Lipinski definition) is 3. The molecule has 1 unspecified atom stereocenters.